The quantitative estimate of drug-likeness (QED) is 0.444. The number of amides is 1. The molecule has 2 N–H and O–H groups in total. The molecule has 0 aromatic heterocycles. The Morgan fingerprint density at radius 1 is 1.75 bits per heavy atom. The van der Waals surface area contributed by atoms with Gasteiger partial charge in [-0.2, -0.15) is 0 Å². The van der Waals surface area contributed by atoms with Gasteiger partial charge >= 0.3 is 0 Å². The average Bonchev–Trinajstić information content (AvgIpc) is 0.918. The molecule has 3 heteroatoms. The topological polar surface area (TPSA) is 43.1 Å². The molecule has 26 valence electrons. The Hall–Kier alpha value is -0.0500. The molecule has 0 aromatic rings. The van der Waals surface area contributed by atoms with Crippen molar-refractivity contribution < 1.29 is 4.79 Å². The van der Waals surface area contributed by atoms with Gasteiger partial charge in [-0.3, -0.25) is 4.79 Å². The van der Waals surface area contributed by atoms with Crippen molar-refractivity contribution in [1.82, 2.24) is 0 Å². The van der Waals surface area contributed by atoms with Gasteiger partial charge in [-0.25, -0.2) is 0 Å². The standard InChI is InChI=1S/CH3NO.BrH/c2-1-3;/h1H,(H2,2,3);1H. The first-order valence-corrected chi connectivity index (χ1v) is 0.569. The number of halogens is 1. The lowest BCUT2D eigenvalue weighted by atomic mass is 11.5. The van der Waals surface area contributed by atoms with Crippen LogP contribution in [0.5, 0.6) is 0 Å². The van der Waals surface area contributed by atoms with Crippen molar-refractivity contribution >= 4 is 23.4 Å². The van der Waals surface area contributed by atoms with Gasteiger partial charge in [0.05, 0.1) is 0 Å². The van der Waals surface area contributed by atoms with E-state index in [4.69, 9.17) is 4.79 Å². The van der Waals surface area contributed by atoms with Gasteiger partial charge in [0.2, 0.25) is 6.41 Å². The highest BCUT2D eigenvalue weighted by Gasteiger charge is 1.19. The van der Waals surface area contributed by atoms with Gasteiger partial charge in [-0.05, 0) is 0 Å². The van der Waals surface area contributed by atoms with E-state index in [1.807, 2.05) is 0 Å². The summed E-state index contributed by atoms with van der Waals surface area (Å²) in [5.74, 6) is 0. The fraction of sp³-hybridized carbons (Fsp3) is 0. The molecule has 0 saturated carbocycles. The zero-order valence-corrected chi connectivity index (χ0v) is 3.68. The van der Waals surface area contributed by atoms with E-state index >= 15 is 0 Å². The van der Waals surface area contributed by atoms with Gasteiger partial charge in [-0.15, -0.1) is 17.0 Å². The Labute approximate surface area is 34.8 Å². The molecule has 0 bridgehead atoms. The van der Waals surface area contributed by atoms with E-state index in [-0.39, 0.29) is 23.4 Å². The third-order valence-corrected chi connectivity index (χ3v) is 0. The van der Waals surface area contributed by atoms with Crippen molar-refractivity contribution in [2.75, 3.05) is 0 Å². The third-order valence-electron chi connectivity index (χ3n) is 0. The number of nitrogens with two attached hydrogens (primary N) is 1. The Morgan fingerprint density at radius 3 is 1.75 bits per heavy atom. The van der Waals surface area contributed by atoms with Crippen LogP contribution < -0.4 is 5.73 Å². The van der Waals surface area contributed by atoms with Crippen LogP contribution in [0.4, 0.5) is 0 Å². The van der Waals surface area contributed by atoms with E-state index in [2.05, 4.69) is 5.73 Å². The number of hydrogen-bond donors (Lipinski definition) is 1. The van der Waals surface area contributed by atoms with Gasteiger partial charge in [0.15, 0.2) is 0 Å². The highest BCUT2D eigenvalue weighted by molar-refractivity contribution is 8.93. The predicted molar refractivity (Wildman–Crippen MR) is 20.6 cm³/mol. The third kappa shape index (κ3) is 704. The van der Waals surface area contributed by atoms with E-state index < -0.39 is 0 Å². The van der Waals surface area contributed by atoms with Crippen LogP contribution in [0.1, 0.15) is 0 Å². The van der Waals surface area contributed by atoms with Crippen LogP contribution in [0.3, 0.4) is 0 Å². The second-order valence-electron chi connectivity index (χ2n) is 0.136. The maximum absolute atomic E-state index is 8.58. The van der Waals surface area contributed by atoms with Crippen LogP contribution in [0.25, 0.3) is 0 Å². The van der Waals surface area contributed by atoms with Crippen LogP contribution in [-0.2, 0) is 4.79 Å². The number of hydrogen-bond acceptors (Lipinski definition) is 1. The molecule has 0 aliphatic carbocycles. The van der Waals surface area contributed by atoms with E-state index in [1.54, 1.807) is 0 Å². The maximum atomic E-state index is 8.58. The largest absolute Gasteiger partial charge is 0.372 e. The summed E-state index contributed by atoms with van der Waals surface area (Å²) in [7, 11) is 0. The zero-order valence-electron chi connectivity index (χ0n) is 1.97. The second-order valence-corrected chi connectivity index (χ2v) is 0.136. The molecule has 0 aliphatic rings. The van der Waals surface area contributed by atoms with E-state index in [0.717, 1.165) is 0 Å². The van der Waals surface area contributed by atoms with Gasteiger partial charge in [-0.1, -0.05) is 0 Å². The highest BCUT2D eigenvalue weighted by atomic mass is 79.9. The van der Waals surface area contributed by atoms with Crippen molar-refractivity contribution in [3.8, 4) is 0 Å². The second kappa shape index (κ2) is 12.4. The molecule has 0 rings (SSSR count). The minimum absolute atomic E-state index is 0. The van der Waals surface area contributed by atoms with Crippen molar-refractivity contribution in [2.45, 2.75) is 0 Å². The molecule has 0 aromatic carbocycles. The van der Waals surface area contributed by atoms with Crippen molar-refractivity contribution in [3.63, 3.8) is 0 Å². The van der Waals surface area contributed by atoms with Crippen molar-refractivity contribution in [2.24, 2.45) is 5.73 Å². The summed E-state index contributed by atoms with van der Waals surface area (Å²) in [5, 5.41) is 0. The minimum atomic E-state index is 0. The van der Waals surface area contributed by atoms with Crippen molar-refractivity contribution in [1.29, 1.82) is 0 Å². The zero-order chi connectivity index (χ0) is 2.71. The molecule has 0 radical (unpaired) electrons. The summed E-state index contributed by atoms with van der Waals surface area (Å²) in [4.78, 5) is 8.58. The van der Waals surface area contributed by atoms with Crippen LogP contribution in [0.2, 0.25) is 0 Å². The lowest BCUT2D eigenvalue weighted by Crippen LogP contribution is -1.82. The minimum Gasteiger partial charge on any atom is -0.372 e. The van der Waals surface area contributed by atoms with Crippen LogP contribution >= 0.6 is 17.0 Å². The van der Waals surface area contributed by atoms with E-state index in [9.17, 15) is 0 Å². The summed E-state index contributed by atoms with van der Waals surface area (Å²) < 4.78 is 0. The molecule has 0 heterocycles. The van der Waals surface area contributed by atoms with Gasteiger partial charge < -0.3 is 5.73 Å². The molecule has 0 saturated heterocycles. The molecular weight excluding hydrogens is 122 g/mol. The fourth-order valence-corrected chi connectivity index (χ4v) is 0. The molecule has 4 heavy (non-hydrogen) atoms. The normalized spacial score (nSPS) is 3.00. The number of carbonyl (C=O) groups is 1. The fourth-order valence-electron chi connectivity index (χ4n) is 0. The lowest BCUT2D eigenvalue weighted by Gasteiger charge is -1.32. The van der Waals surface area contributed by atoms with Gasteiger partial charge in [0, 0.05) is 0 Å². The molecule has 0 spiro atoms. The average molecular weight is 126 g/mol. The summed E-state index contributed by atoms with van der Waals surface area (Å²) in [6, 6.07) is 0. The molecule has 0 atom stereocenters. The predicted octanol–water partition coefficient (Wildman–Crippen LogP) is -0.321. The van der Waals surface area contributed by atoms with Crippen molar-refractivity contribution in [3.05, 3.63) is 0 Å². The number of rotatable bonds is 0. The number of carbonyl (C=O) groups excluding carboxylic acids is 1. The molecule has 0 unspecified atom stereocenters. The Kier molecular flexibility index (Phi) is 28.1. The highest BCUT2D eigenvalue weighted by Crippen LogP contribution is 0.846. The van der Waals surface area contributed by atoms with Crippen LogP contribution in [0.15, 0.2) is 0 Å². The maximum Gasteiger partial charge on any atom is 0.204 e. The first-order valence-electron chi connectivity index (χ1n) is 0.569. The Morgan fingerprint density at radius 2 is 1.75 bits per heavy atom. The summed E-state index contributed by atoms with van der Waals surface area (Å²) in [6.07, 6.45) is 0.250. The monoisotopic (exact) mass is 125 g/mol. The smallest absolute Gasteiger partial charge is 0.204 e. The van der Waals surface area contributed by atoms with Crippen LogP contribution in [0, 0.1) is 0 Å². The first kappa shape index (κ1) is 9.04. The Balaban J connectivity index is 0. The summed E-state index contributed by atoms with van der Waals surface area (Å²) in [5.41, 5.74) is 4.17. The first-order chi connectivity index (χ1) is 1.41. The SMILES string of the molecule is Br.NC=O. The van der Waals surface area contributed by atoms with E-state index in [1.165, 1.54) is 0 Å². The van der Waals surface area contributed by atoms with Gasteiger partial charge in [0.25, 0.3) is 0 Å². The molecule has 1 amide bonds. The van der Waals surface area contributed by atoms with Crippen LogP contribution in [-0.4, -0.2) is 6.41 Å². The van der Waals surface area contributed by atoms with Gasteiger partial charge in [0.1, 0.15) is 0 Å². The number of primary amides is 1. The molecule has 0 aliphatic heterocycles. The molecule has 0 fully saturated rings. The lowest BCUT2D eigenvalue weighted by molar-refractivity contribution is -0.106. The Bertz CT molecular complexity index is 15.5. The summed E-state index contributed by atoms with van der Waals surface area (Å²) in [6.45, 7) is 0. The molecule has 2 nitrogen and oxygen atoms in total. The van der Waals surface area contributed by atoms with E-state index in [0.29, 0.717) is 0 Å². The molecular formula is CH4BrNO. The summed E-state index contributed by atoms with van der Waals surface area (Å²) >= 11 is 0.